The van der Waals surface area contributed by atoms with Crippen LogP contribution in [0.1, 0.15) is 52.4 Å². The van der Waals surface area contributed by atoms with E-state index in [2.05, 4.69) is 38.2 Å². The SMILES string of the molecule is CNC(C)CC(C)N(C)C1CCCCC1. The van der Waals surface area contributed by atoms with Gasteiger partial charge in [-0.25, -0.2) is 0 Å². The van der Waals surface area contributed by atoms with E-state index in [-0.39, 0.29) is 0 Å². The van der Waals surface area contributed by atoms with Crippen molar-refractivity contribution in [2.75, 3.05) is 14.1 Å². The van der Waals surface area contributed by atoms with Gasteiger partial charge < -0.3 is 10.2 Å². The van der Waals surface area contributed by atoms with Crippen molar-refractivity contribution in [1.82, 2.24) is 10.2 Å². The van der Waals surface area contributed by atoms with Crippen LogP contribution in [0.3, 0.4) is 0 Å². The Balaban J connectivity index is 2.33. The molecule has 2 unspecified atom stereocenters. The second-order valence-corrected chi connectivity index (χ2v) is 5.23. The second-order valence-electron chi connectivity index (χ2n) is 5.23. The highest BCUT2D eigenvalue weighted by atomic mass is 15.2. The summed E-state index contributed by atoms with van der Waals surface area (Å²) < 4.78 is 0. The molecule has 0 radical (unpaired) electrons. The van der Waals surface area contributed by atoms with Gasteiger partial charge in [-0.2, -0.15) is 0 Å². The van der Waals surface area contributed by atoms with Crippen molar-refractivity contribution in [3.63, 3.8) is 0 Å². The van der Waals surface area contributed by atoms with E-state index in [1.54, 1.807) is 0 Å². The molecular formula is C13H28N2. The van der Waals surface area contributed by atoms with Crippen LogP contribution in [-0.4, -0.2) is 37.1 Å². The molecule has 1 rings (SSSR count). The Bertz CT molecular complexity index is 164. The molecular weight excluding hydrogens is 184 g/mol. The standard InChI is InChI=1S/C13H28N2/c1-11(14-3)10-12(2)15(4)13-8-6-5-7-9-13/h11-14H,5-10H2,1-4H3. The summed E-state index contributed by atoms with van der Waals surface area (Å²) in [7, 11) is 4.36. The fourth-order valence-corrected chi connectivity index (χ4v) is 2.64. The smallest absolute Gasteiger partial charge is 0.00950 e. The highest BCUT2D eigenvalue weighted by Gasteiger charge is 2.22. The minimum Gasteiger partial charge on any atom is -0.317 e. The molecule has 15 heavy (non-hydrogen) atoms. The van der Waals surface area contributed by atoms with E-state index >= 15 is 0 Å². The number of hydrogen-bond acceptors (Lipinski definition) is 2. The van der Waals surface area contributed by atoms with Crippen molar-refractivity contribution in [3.8, 4) is 0 Å². The molecule has 0 aliphatic heterocycles. The molecule has 1 saturated carbocycles. The van der Waals surface area contributed by atoms with Gasteiger partial charge in [-0.05, 0) is 47.2 Å². The van der Waals surface area contributed by atoms with Crippen LogP contribution in [0.15, 0.2) is 0 Å². The Morgan fingerprint density at radius 3 is 2.33 bits per heavy atom. The summed E-state index contributed by atoms with van der Waals surface area (Å²) in [6.45, 7) is 4.63. The zero-order valence-electron chi connectivity index (χ0n) is 10.9. The first-order chi connectivity index (χ1) is 7.15. The molecule has 1 aliphatic carbocycles. The van der Waals surface area contributed by atoms with Crippen LogP contribution < -0.4 is 5.32 Å². The topological polar surface area (TPSA) is 15.3 Å². The fraction of sp³-hybridized carbons (Fsp3) is 1.00. The van der Waals surface area contributed by atoms with Crippen LogP contribution >= 0.6 is 0 Å². The van der Waals surface area contributed by atoms with Gasteiger partial charge in [-0.15, -0.1) is 0 Å². The summed E-state index contributed by atoms with van der Waals surface area (Å²) in [5.74, 6) is 0. The van der Waals surface area contributed by atoms with Crippen molar-refractivity contribution in [1.29, 1.82) is 0 Å². The normalized spacial score (nSPS) is 23.0. The number of nitrogens with zero attached hydrogens (tertiary/aromatic N) is 1. The molecule has 0 saturated heterocycles. The molecule has 1 aliphatic rings. The van der Waals surface area contributed by atoms with E-state index in [4.69, 9.17) is 0 Å². The molecule has 2 heteroatoms. The highest BCUT2D eigenvalue weighted by Crippen LogP contribution is 2.23. The van der Waals surface area contributed by atoms with Crippen molar-refractivity contribution in [2.45, 2.75) is 70.5 Å². The minimum absolute atomic E-state index is 0.631. The maximum Gasteiger partial charge on any atom is 0.00950 e. The van der Waals surface area contributed by atoms with Crippen LogP contribution in [0.5, 0.6) is 0 Å². The monoisotopic (exact) mass is 212 g/mol. The summed E-state index contributed by atoms with van der Waals surface area (Å²) >= 11 is 0. The maximum atomic E-state index is 3.33. The van der Waals surface area contributed by atoms with Crippen LogP contribution in [0.2, 0.25) is 0 Å². The van der Waals surface area contributed by atoms with E-state index in [1.807, 2.05) is 0 Å². The van der Waals surface area contributed by atoms with Crippen molar-refractivity contribution in [2.24, 2.45) is 0 Å². The minimum atomic E-state index is 0.631. The third-order valence-corrected chi connectivity index (χ3v) is 4.03. The average Bonchev–Trinajstić information content (AvgIpc) is 2.29. The predicted molar refractivity (Wildman–Crippen MR) is 67.2 cm³/mol. The van der Waals surface area contributed by atoms with Gasteiger partial charge in [-0.3, -0.25) is 0 Å². The first-order valence-corrected chi connectivity index (χ1v) is 6.54. The lowest BCUT2D eigenvalue weighted by Gasteiger charge is -2.36. The zero-order chi connectivity index (χ0) is 11.3. The van der Waals surface area contributed by atoms with Crippen LogP contribution in [0.4, 0.5) is 0 Å². The van der Waals surface area contributed by atoms with Crippen LogP contribution in [-0.2, 0) is 0 Å². The molecule has 2 nitrogen and oxygen atoms in total. The molecule has 0 bridgehead atoms. The van der Waals surface area contributed by atoms with Gasteiger partial charge in [0.2, 0.25) is 0 Å². The van der Waals surface area contributed by atoms with Gasteiger partial charge in [0.25, 0.3) is 0 Å². The summed E-state index contributed by atoms with van der Waals surface area (Å²) in [4.78, 5) is 2.60. The Labute approximate surface area is 95.4 Å². The largest absolute Gasteiger partial charge is 0.317 e. The van der Waals surface area contributed by atoms with Crippen LogP contribution in [0, 0.1) is 0 Å². The summed E-state index contributed by atoms with van der Waals surface area (Å²) in [5.41, 5.74) is 0. The molecule has 90 valence electrons. The number of hydrogen-bond donors (Lipinski definition) is 1. The van der Waals surface area contributed by atoms with Gasteiger partial charge in [0.05, 0.1) is 0 Å². The molecule has 2 atom stereocenters. The lowest BCUT2D eigenvalue weighted by Crippen LogP contribution is -2.42. The molecule has 0 heterocycles. The van der Waals surface area contributed by atoms with Crippen molar-refractivity contribution in [3.05, 3.63) is 0 Å². The number of rotatable bonds is 5. The van der Waals surface area contributed by atoms with Gasteiger partial charge in [-0.1, -0.05) is 19.3 Å². The predicted octanol–water partition coefficient (Wildman–Crippen LogP) is 2.64. The molecule has 1 N–H and O–H groups in total. The molecule has 0 amide bonds. The van der Waals surface area contributed by atoms with E-state index in [0.29, 0.717) is 12.1 Å². The Kier molecular flexibility index (Phi) is 5.62. The molecule has 0 aromatic carbocycles. The maximum absolute atomic E-state index is 3.33. The Morgan fingerprint density at radius 1 is 1.20 bits per heavy atom. The first-order valence-electron chi connectivity index (χ1n) is 6.54. The van der Waals surface area contributed by atoms with Crippen LogP contribution in [0.25, 0.3) is 0 Å². The van der Waals surface area contributed by atoms with E-state index in [0.717, 1.165) is 6.04 Å². The van der Waals surface area contributed by atoms with Crippen molar-refractivity contribution < 1.29 is 0 Å². The van der Waals surface area contributed by atoms with Crippen molar-refractivity contribution >= 4 is 0 Å². The molecule has 0 spiro atoms. The van der Waals surface area contributed by atoms with E-state index in [9.17, 15) is 0 Å². The first kappa shape index (κ1) is 13.0. The van der Waals surface area contributed by atoms with E-state index < -0.39 is 0 Å². The lowest BCUT2D eigenvalue weighted by atomic mass is 9.93. The Morgan fingerprint density at radius 2 is 1.80 bits per heavy atom. The Hall–Kier alpha value is -0.0800. The third kappa shape index (κ3) is 4.12. The summed E-state index contributed by atoms with van der Waals surface area (Å²) in [6, 6.07) is 2.18. The zero-order valence-corrected chi connectivity index (χ0v) is 10.9. The van der Waals surface area contributed by atoms with Gasteiger partial charge in [0.1, 0.15) is 0 Å². The van der Waals surface area contributed by atoms with Gasteiger partial charge in [0.15, 0.2) is 0 Å². The molecule has 0 aromatic rings. The molecule has 1 fully saturated rings. The quantitative estimate of drug-likeness (QED) is 0.753. The third-order valence-electron chi connectivity index (χ3n) is 4.03. The highest BCUT2D eigenvalue weighted by molar-refractivity contribution is 4.79. The van der Waals surface area contributed by atoms with E-state index in [1.165, 1.54) is 38.5 Å². The number of nitrogens with one attached hydrogen (secondary N) is 1. The molecule has 0 aromatic heterocycles. The summed E-state index contributed by atoms with van der Waals surface area (Å²) in [5, 5.41) is 3.33. The second kappa shape index (κ2) is 6.49. The summed E-state index contributed by atoms with van der Waals surface area (Å²) in [6.07, 6.45) is 8.39. The fourth-order valence-electron chi connectivity index (χ4n) is 2.64. The average molecular weight is 212 g/mol. The van der Waals surface area contributed by atoms with Gasteiger partial charge >= 0.3 is 0 Å². The van der Waals surface area contributed by atoms with Gasteiger partial charge in [0, 0.05) is 18.1 Å². The lowest BCUT2D eigenvalue weighted by molar-refractivity contribution is 0.134.